The van der Waals surface area contributed by atoms with Crippen LogP contribution in [0.5, 0.6) is 0 Å². The van der Waals surface area contributed by atoms with Gasteiger partial charge in [-0.15, -0.1) is 0 Å². The summed E-state index contributed by atoms with van der Waals surface area (Å²) < 4.78 is 4.97. The lowest BCUT2D eigenvalue weighted by atomic mass is 10.1. The molecule has 1 rings (SSSR count). The Morgan fingerprint density at radius 3 is 2.89 bits per heavy atom. The fourth-order valence-corrected chi connectivity index (χ4v) is 1.89. The summed E-state index contributed by atoms with van der Waals surface area (Å²) in [4.78, 5) is 16.2. The van der Waals surface area contributed by atoms with Crippen LogP contribution in [0, 0.1) is 0 Å². The van der Waals surface area contributed by atoms with E-state index in [1.165, 1.54) is 0 Å². The maximum Gasteiger partial charge on any atom is 0.251 e. The van der Waals surface area contributed by atoms with E-state index in [-0.39, 0.29) is 11.9 Å². The molecule has 0 radical (unpaired) electrons. The van der Waals surface area contributed by atoms with E-state index in [9.17, 15) is 4.79 Å². The second-order valence-electron chi connectivity index (χ2n) is 4.25. The molecule has 1 aromatic rings. The van der Waals surface area contributed by atoms with E-state index in [0.717, 1.165) is 18.5 Å². The number of halogens is 1. The third-order valence-electron chi connectivity index (χ3n) is 2.41. The number of hydrogen-bond donors (Lipinski definition) is 1. The number of aromatic nitrogens is 1. The van der Waals surface area contributed by atoms with Gasteiger partial charge in [0, 0.05) is 24.4 Å². The maximum absolute atomic E-state index is 12.0. The summed E-state index contributed by atoms with van der Waals surface area (Å²) in [7, 11) is 1.60. The Bertz CT molecular complexity index is 410. The molecule has 0 saturated heterocycles. The molecule has 1 unspecified atom stereocenters. The van der Waals surface area contributed by atoms with Gasteiger partial charge in [0.15, 0.2) is 0 Å². The van der Waals surface area contributed by atoms with Gasteiger partial charge in [0.25, 0.3) is 5.91 Å². The molecule has 1 heterocycles. The molecule has 0 spiro atoms. The van der Waals surface area contributed by atoms with Crippen LogP contribution >= 0.6 is 11.6 Å². The van der Waals surface area contributed by atoms with E-state index in [1.807, 2.05) is 6.92 Å². The molecule has 0 fully saturated rings. The SMILES string of the molecule is CCCc1cc(C(=O)NC(C)COC)cc(Cl)n1. The molecular formula is C13H19ClN2O2. The molecule has 0 aliphatic heterocycles. The van der Waals surface area contributed by atoms with Gasteiger partial charge in [-0.2, -0.15) is 0 Å². The van der Waals surface area contributed by atoms with Crippen LogP contribution in [0.15, 0.2) is 12.1 Å². The Morgan fingerprint density at radius 2 is 2.28 bits per heavy atom. The number of aryl methyl sites for hydroxylation is 1. The van der Waals surface area contributed by atoms with Gasteiger partial charge >= 0.3 is 0 Å². The lowest BCUT2D eigenvalue weighted by molar-refractivity contribution is 0.0905. The van der Waals surface area contributed by atoms with Crippen molar-refractivity contribution in [2.75, 3.05) is 13.7 Å². The first-order valence-corrected chi connectivity index (χ1v) is 6.40. The molecule has 1 atom stereocenters. The first-order chi connectivity index (χ1) is 8.56. The van der Waals surface area contributed by atoms with Crippen molar-refractivity contribution >= 4 is 17.5 Å². The molecule has 1 amide bonds. The molecule has 5 heteroatoms. The molecule has 4 nitrogen and oxygen atoms in total. The van der Waals surface area contributed by atoms with Gasteiger partial charge in [-0.3, -0.25) is 4.79 Å². The standard InChI is InChI=1S/C13H19ClN2O2/c1-4-5-11-6-10(7-12(14)16-11)13(17)15-9(2)8-18-3/h6-7,9H,4-5,8H2,1-3H3,(H,15,17). The molecule has 18 heavy (non-hydrogen) atoms. The van der Waals surface area contributed by atoms with Crippen molar-refractivity contribution in [2.24, 2.45) is 0 Å². The lowest BCUT2D eigenvalue weighted by Gasteiger charge is -2.13. The summed E-state index contributed by atoms with van der Waals surface area (Å²) in [6.07, 6.45) is 1.78. The minimum absolute atomic E-state index is 0.0379. The van der Waals surface area contributed by atoms with E-state index < -0.39 is 0 Å². The zero-order valence-electron chi connectivity index (χ0n) is 11.0. The number of methoxy groups -OCH3 is 1. The number of carbonyl (C=O) groups is 1. The van der Waals surface area contributed by atoms with Gasteiger partial charge in [0.1, 0.15) is 5.15 Å². The quantitative estimate of drug-likeness (QED) is 0.808. The monoisotopic (exact) mass is 270 g/mol. The van der Waals surface area contributed by atoms with Crippen LogP contribution in [0.2, 0.25) is 5.15 Å². The van der Waals surface area contributed by atoms with Gasteiger partial charge < -0.3 is 10.1 Å². The second kappa shape index (κ2) is 7.34. The minimum Gasteiger partial charge on any atom is -0.383 e. The number of pyridine rings is 1. The van der Waals surface area contributed by atoms with Crippen molar-refractivity contribution in [2.45, 2.75) is 32.7 Å². The van der Waals surface area contributed by atoms with Crippen molar-refractivity contribution < 1.29 is 9.53 Å². The van der Waals surface area contributed by atoms with Crippen LogP contribution in [-0.4, -0.2) is 30.6 Å². The molecular weight excluding hydrogens is 252 g/mol. The molecule has 100 valence electrons. The largest absolute Gasteiger partial charge is 0.383 e. The first kappa shape index (κ1) is 14.9. The number of rotatable bonds is 6. The number of ether oxygens (including phenoxy) is 1. The molecule has 0 aliphatic rings. The van der Waals surface area contributed by atoms with E-state index in [4.69, 9.17) is 16.3 Å². The zero-order valence-corrected chi connectivity index (χ0v) is 11.8. The normalized spacial score (nSPS) is 12.2. The summed E-state index contributed by atoms with van der Waals surface area (Å²) in [6, 6.07) is 3.32. The summed E-state index contributed by atoms with van der Waals surface area (Å²) in [6.45, 7) is 4.42. The Kier molecular flexibility index (Phi) is 6.09. The van der Waals surface area contributed by atoms with Gasteiger partial charge in [-0.05, 0) is 25.5 Å². The average molecular weight is 271 g/mol. The Labute approximate surface area is 113 Å². The summed E-state index contributed by atoms with van der Waals surface area (Å²) in [5.74, 6) is -0.152. The smallest absolute Gasteiger partial charge is 0.251 e. The van der Waals surface area contributed by atoms with Gasteiger partial charge in [0.05, 0.1) is 6.61 Å². The van der Waals surface area contributed by atoms with Gasteiger partial charge in [-0.1, -0.05) is 24.9 Å². The van der Waals surface area contributed by atoms with Crippen LogP contribution in [0.3, 0.4) is 0 Å². The highest BCUT2D eigenvalue weighted by Gasteiger charge is 2.11. The molecule has 1 N–H and O–H groups in total. The molecule has 0 aromatic carbocycles. The van der Waals surface area contributed by atoms with Crippen LogP contribution in [0.25, 0.3) is 0 Å². The zero-order chi connectivity index (χ0) is 13.5. The third-order valence-corrected chi connectivity index (χ3v) is 2.60. The van der Waals surface area contributed by atoms with E-state index in [2.05, 4.69) is 17.2 Å². The van der Waals surface area contributed by atoms with Crippen molar-refractivity contribution in [3.63, 3.8) is 0 Å². The van der Waals surface area contributed by atoms with Crippen LogP contribution in [0.4, 0.5) is 0 Å². The molecule has 0 bridgehead atoms. The molecule has 0 saturated carbocycles. The second-order valence-corrected chi connectivity index (χ2v) is 4.64. The van der Waals surface area contributed by atoms with E-state index in [0.29, 0.717) is 17.3 Å². The summed E-state index contributed by atoms with van der Waals surface area (Å²) in [5, 5.41) is 3.20. The lowest BCUT2D eigenvalue weighted by Crippen LogP contribution is -2.35. The fourth-order valence-electron chi connectivity index (χ4n) is 1.67. The first-order valence-electron chi connectivity index (χ1n) is 6.03. The number of hydrogen-bond acceptors (Lipinski definition) is 3. The highest BCUT2D eigenvalue weighted by Crippen LogP contribution is 2.12. The molecule has 1 aromatic heterocycles. The number of nitrogens with one attached hydrogen (secondary N) is 1. The van der Waals surface area contributed by atoms with Crippen molar-refractivity contribution in [3.05, 3.63) is 28.5 Å². The maximum atomic E-state index is 12.0. The Hall–Kier alpha value is -1.13. The van der Waals surface area contributed by atoms with Crippen molar-refractivity contribution in [3.8, 4) is 0 Å². The highest BCUT2D eigenvalue weighted by molar-refractivity contribution is 6.29. The fraction of sp³-hybridized carbons (Fsp3) is 0.538. The Morgan fingerprint density at radius 1 is 1.56 bits per heavy atom. The summed E-state index contributed by atoms with van der Waals surface area (Å²) in [5.41, 5.74) is 1.39. The predicted molar refractivity (Wildman–Crippen MR) is 72.0 cm³/mol. The highest BCUT2D eigenvalue weighted by atomic mass is 35.5. The van der Waals surface area contributed by atoms with E-state index >= 15 is 0 Å². The predicted octanol–water partition coefficient (Wildman–Crippen LogP) is 2.45. The number of carbonyl (C=O) groups excluding carboxylic acids is 1. The van der Waals surface area contributed by atoms with Crippen LogP contribution in [0.1, 0.15) is 36.3 Å². The van der Waals surface area contributed by atoms with Crippen LogP contribution in [-0.2, 0) is 11.2 Å². The number of amides is 1. The van der Waals surface area contributed by atoms with Gasteiger partial charge in [0.2, 0.25) is 0 Å². The topological polar surface area (TPSA) is 51.2 Å². The average Bonchev–Trinajstić information content (AvgIpc) is 2.28. The molecule has 0 aliphatic carbocycles. The third kappa shape index (κ3) is 4.63. The van der Waals surface area contributed by atoms with Crippen molar-refractivity contribution in [1.29, 1.82) is 0 Å². The Balaban J connectivity index is 2.78. The number of nitrogens with zero attached hydrogens (tertiary/aromatic N) is 1. The summed E-state index contributed by atoms with van der Waals surface area (Å²) >= 11 is 5.91. The van der Waals surface area contributed by atoms with Crippen molar-refractivity contribution in [1.82, 2.24) is 10.3 Å². The van der Waals surface area contributed by atoms with Crippen LogP contribution < -0.4 is 5.32 Å². The van der Waals surface area contributed by atoms with Gasteiger partial charge in [-0.25, -0.2) is 4.98 Å². The minimum atomic E-state index is -0.152. The van der Waals surface area contributed by atoms with E-state index in [1.54, 1.807) is 19.2 Å².